The number of nitrogens with two attached hydrogens (primary N) is 1. The fourth-order valence-electron chi connectivity index (χ4n) is 4.13. The topological polar surface area (TPSA) is 116 Å². The first-order valence-corrected chi connectivity index (χ1v) is 12.8. The highest BCUT2D eigenvalue weighted by molar-refractivity contribution is 7.99. The summed E-state index contributed by atoms with van der Waals surface area (Å²) in [7, 11) is 1.59. The fraction of sp³-hybridized carbons (Fsp3) is 0.200. The Morgan fingerprint density at radius 3 is 2.57 bits per heavy atom. The molecule has 0 radical (unpaired) electrons. The number of rotatable bonds is 7. The highest BCUT2D eigenvalue weighted by Crippen LogP contribution is 2.36. The summed E-state index contributed by atoms with van der Waals surface area (Å²) in [5, 5.41) is 3.93. The summed E-state index contributed by atoms with van der Waals surface area (Å²) in [6.45, 7) is 0. The van der Waals surface area contributed by atoms with Crippen molar-refractivity contribution in [3.05, 3.63) is 74.9 Å². The molecule has 3 N–H and O–H groups in total. The van der Waals surface area contributed by atoms with Gasteiger partial charge >= 0.3 is 0 Å². The Bertz CT molecular complexity index is 1490. The number of thiophene rings is 1. The highest BCUT2D eigenvalue weighted by atomic mass is 32.2. The van der Waals surface area contributed by atoms with E-state index in [2.05, 4.69) is 5.32 Å². The second-order valence-corrected chi connectivity index (χ2v) is 10.1. The van der Waals surface area contributed by atoms with Crippen molar-refractivity contribution in [2.75, 3.05) is 18.2 Å². The number of primary amides is 1. The van der Waals surface area contributed by atoms with Gasteiger partial charge in [0.15, 0.2) is 5.16 Å². The van der Waals surface area contributed by atoms with Gasteiger partial charge in [-0.25, -0.2) is 4.98 Å². The van der Waals surface area contributed by atoms with E-state index in [1.165, 1.54) is 16.6 Å². The van der Waals surface area contributed by atoms with Crippen molar-refractivity contribution >= 4 is 50.8 Å². The Morgan fingerprint density at radius 1 is 1.14 bits per heavy atom. The van der Waals surface area contributed by atoms with Crippen LogP contribution in [0, 0.1) is 0 Å². The third-order valence-corrected chi connectivity index (χ3v) is 7.95. The van der Waals surface area contributed by atoms with E-state index in [0.717, 1.165) is 29.7 Å². The number of anilines is 1. The second kappa shape index (κ2) is 9.55. The molecule has 2 heterocycles. The molecular formula is C25H22N4O4S2. The Morgan fingerprint density at radius 2 is 1.89 bits per heavy atom. The van der Waals surface area contributed by atoms with Crippen LogP contribution in [-0.4, -0.2) is 34.2 Å². The van der Waals surface area contributed by atoms with Crippen LogP contribution in [0.1, 0.15) is 27.2 Å². The summed E-state index contributed by atoms with van der Waals surface area (Å²) in [4.78, 5) is 44.3. The zero-order valence-corrected chi connectivity index (χ0v) is 20.5. The third kappa shape index (κ3) is 4.54. The van der Waals surface area contributed by atoms with E-state index in [4.69, 9.17) is 15.5 Å². The number of aryl methyl sites for hydroxylation is 2. The zero-order valence-electron chi connectivity index (χ0n) is 18.9. The first-order chi connectivity index (χ1) is 16.9. The van der Waals surface area contributed by atoms with Crippen molar-refractivity contribution in [3.63, 3.8) is 0 Å². The van der Waals surface area contributed by atoms with Gasteiger partial charge in [0.05, 0.1) is 23.9 Å². The maximum atomic E-state index is 13.7. The van der Waals surface area contributed by atoms with E-state index in [1.807, 2.05) is 12.1 Å². The molecule has 0 unspecified atom stereocenters. The molecule has 2 aromatic carbocycles. The number of ether oxygens (including phenoxy) is 1. The van der Waals surface area contributed by atoms with Crippen LogP contribution >= 0.6 is 23.1 Å². The minimum atomic E-state index is -0.532. The van der Waals surface area contributed by atoms with Crippen molar-refractivity contribution in [2.45, 2.75) is 24.4 Å². The molecule has 2 aromatic heterocycles. The predicted octanol–water partition coefficient (Wildman–Crippen LogP) is 3.77. The first kappa shape index (κ1) is 23.1. The zero-order chi connectivity index (χ0) is 24.5. The van der Waals surface area contributed by atoms with Gasteiger partial charge in [0, 0.05) is 16.1 Å². The van der Waals surface area contributed by atoms with Crippen LogP contribution in [0.2, 0.25) is 0 Å². The number of benzene rings is 2. The summed E-state index contributed by atoms with van der Waals surface area (Å²) in [5.41, 5.74) is 7.82. The van der Waals surface area contributed by atoms with Crippen molar-refractivity contribution in [2.24, 2.45) is 5.73 Å². The molecule has 8 nitrogen and oxygen atoms in total. The van der Waals surface area contributed by atoms with E-state index in [1.54, 1.807) is 59.4 Å². The van der Waals surface area contributed by atoms with Crippen molar-refractivity contribution < 1.29 is 14.3 Å². The number of nitrogens with zero attached hydrogens (tertiary/aromatic N) is 2. The van der Waals surface area contributed by atoms with E-state index in [-0.39, 0.29) is 17.2 Å². The van der Waals surface area contributed by atoms with Crippen LogP contribution in [0.5, 0.6) is 5.75 Å². The van der Waals surface area contributed by atoms with Gasteiger partial charge in [-0.3, -0.25) is 19.0 Å². The number of thioether (sulfide) groups is 1. The molecule has 35 heavy (non-hydrogen) atoms. The van der Waals surface area contributed by atoms with Gasteiger partial charge in [-0.05, 0) is 73.4 Å². The SMILES string of the molecule is COc1ccc(-n2c(SCC(=O)Nc3ccc(C(N)=O)cc3)nc3sc4c(c3c2=O)CCC4)cc1. The normalized spacial score (nSPS) is 12.5. The molecule has 0 fully saturated rings. The van der Waals surface area contributed by atoms with Gasteiger partial charge in [-0.2, -0.15) is 0 Å². The molecule has 0 bridgehead atoms. The molecule has 178 valence electrons. The quantitative estimate of drug-likeness (QED) is 0.291. The van der Waals surface area contributed by atoms with Gasteiger partial charge in [-0.1, -0.05) is 11.8 Å². The lowest BCUT2D eigenvalue weighted by Crippen LogP contribution is -2.23. The van der Waals surface area contributed by atoms with Crippen LogP contribution in [0.3, 0.4) is 0 Å². The Labute approximate surface area is 209 Å². The number of nitrogens with one attached hydrogen (secondary N) is 1. The molecule has 0 spiro atoms. The molecule has 5 rings (SSSR count). The predicted molar refractivity (Wildman–Crippen MR) is 138 cm³/mol. The number of carbonyl (C=O) groups excluding carboxylic acids is 2. The maximum Gasteiger partial charge on any atom is 0.267 e. The van der Waals surface area contributed by atoms with E-state index < -0.39 is 5.91 Å². The van der Waals surface area contributed by atoms with Gasteiger partial charge in [0.1, 0.15) is 10.6 Å². The Kier molecular flexibility index (Phi) is 6.31. The molecule has 2 amide bonds. The lowest BCUT2D eigenvalue weighted by Gasteiger charge is -2.13. The maximum absolute atomic E-state index is 13.7. The number of carbonyl (C=O) groups is 2. The monoisotopic (exact) mass is 506 g/mol. The summed E-state index contributed by atoms with van der Waals surface area (Å²) >= 11 is 2.77. The minimum absolute atomic E-state index is 0.0523. The van der Waals surface area contributed by atoms with Gasteiger partial charge in [0.2, 0.25) is 11.8 Å². The first-order valence-electron chi connectivity index (χ1n) is 11.0. The van der Waals surface area contributed by atoms with Gasteiger partial charge in [-0.15, -0.1) is 11.3 Å². The number of hydrogen-bond acceptors (Lipinski definition) is 7. The largest absolute Gasteiger partial charge is 0.497 e. The number of aromatic nitrogens is 2. The summed E-state index contributed by atoms with van der Waals surface area (Å²) in [6, 6.07) is 13.5. The highest BCUT2D eigenvalue weighted by Gasteiger charge is 2.24. The minimum Gasteiger partial charge on any atom is -0.497 e. The Balaban J connectivity index is 1.45. The van der Waals surface area contributed by atoms with Crippen LogP contribution in [0.15, 0.2) is 58.5 Å². The summed E-state index contributed by atoms with van der Waals surface area (Å²) < 4.78 is 6.83. The second-order valence-electron chi connectivity index (χ2n) is 8.05. The van der Waals surface area contributed by atoms with E-state index in [0.29, 0.717) is 33.2 Å². The van der Waals surface area contributed by atoms with Gasteiger partial charge < -0.3 is 15.8 Å². The molecular weight excluding hydrogens is 484 g/mol. The number of amides is 2. The average molecular weight is 507 g/mol. The smallest absolute Gasteiger partial charge is 0.267 e. The summed E-state index contributed by atoms with van der Waals surface area (Å²) in [6.07, 6.45) is 2.91. The molecule has 10 heteroatoms. The van der Waals surface area contributed by atoms with Gasteiger partial charge in [0.25, 0.3) is 5.56 Å². The third-order valence-electron chi connectivity index (χ3n) is 5.82. The molecule has 0 atom stereocenters. The lowest BCUT2D eigenvalue weighted by molar-refractivity contribution is -0.113. The number of hydrogen-bond donors (Lipinski definition) is 2. The average Bonchev–Trinajstić information content (AvgIpc) is 3.44. The van der Waals surface area contributed by atoms with Crippen LogP contribution in [0.4, 0.5) is 5.69 Å². The summed E-state index contributed by atoms with van der Waals surface area (Å²) in [5.74, 6) is -0.0539. The van der Waals surface area contributed by atoms with Crippen LogP contribution < -0.4 is 21.3 Å². The van der Waals surface area contributed by atoms with E-state index in [9.17, 15) is 14.4 Å². The number of fused-ring (bicyclic) bond motifs is 3. The molecule has 0 saturated heterocycles. The van der Waals surface area contributed by atoms with Crippen molar-refractivity contribution in [3.8, 4) is 11.4 Å². The van der Waals surface area contributed by atoms with Crippen molar-refractivity contribution in [1.29, 1.82) is 0 Å². The van der Waals surface area contributed by atoms with Crippen molar-refractivity contribution in [1.82, 2.24) is 9.55 Å². The fourth-order valence-corrected chi connectivity index (χ4v) is 6.24. The van der Waals surface area contributed by atoms with E-state index >= 15 is 0 Å². The van der Waals surface area contributed by atoms with Crippen LogP contribution in [0.25, 0.3) is 15.9 Å². The van der Waals surface area contributed by atoms with Crippen LogP contribution in [-0.2, 0) is 17.6 Å². The molecule has 1 aliphatic carbocycles. The molecule has 0 aliphatic heterocycles. The molecule has 0 saturated carbocycles. The lowest BCUT2D eigenvalue weighted by atomic mass is 10.2. The molecule has 1 aliphatic rings. The number of methoxy groups -OCH3 is 1. The standard InChI is InChI=1S/C25H22N4O4S2/c1-33-17-11-9-16(10-12-17)29-24(32)21-18-3-2-4-19(18)35-23(21)28-25(29)34-13-20(30)27-15-7-5-14(6-8-15)22(26)31/h5-12H,2-4,13H2,1H3,(H2,26,31)(H,27,30). The Hall–Kier alpha value is -3.63. The molecule has 4 aromatic rings.